The first-order valence-electron chi connectivity index (χ1n) is 11.0. The zero-order chi connectivity index (χ0) is 18.8. The third-order valence-corrected chi connectivity index (χ3v) is 5.25. The maximum absolute atomic E-state index is 11.3. The van der Waals surface area contributed by atoms with E-state index in [9.17, 15) is 15.0 Å². The number of rotatable bonds is 19. The van der Waals surface area contributed by atoms with Crippen LogP contribution in [-0.4, -0.2) is 22.3 Å². The van der Waals surface area contributed by atoms with Crippen LogP contribution in [0.15, 0.2) is 0 Å². The highest BCUT2D eigenvalue weighted by molar-refractivity contribution is 5.70. The number of aliphatic carboxylic acids is 1. The van der Waals surface area contributed by atoms with Crippen molar-refractivity contribution in [1.82, 2.24) is 0 Å². The number of aliphatic hydroxyl groups is 1. The first-order chi connectivity index (χ1) is 12.1. The number of hydrogen-bond acceptors (Lipinski definition) is 2. The van der Waals surface area contributed by atoms with Crippen molar-refractivity contribution in [2.75, 3.05) is 0 Å². The molecule has 0 amide bonds. The van der Waals surface area contributed by atoms with Gasteiger partial charge in [0.2, 0.25) is 0 Å². The molecule has 0 aromatic heterocycles. The largest absolute Gasteiger partial charge is 0.481 e. The van der Waals surface area contributed by atoms with Crippen LogP contribution in [0, 0.1) is 5.92 Å². The predicted octanol–water partition coefficient (Wildman–Crippen LogP) is 6.72. The van der Waals surface area contributed by atoms with Crippen molar-refractivity contribution >= 4 is 5.97 Å². The molecule has 0 aliphatic heterocycles. The molecule has 3 heteroatoms. The Morgan fingerprint density at radius 1 is 0.640 bits per heavy atom. The van der Waals surface area contributed by atoms with Gasteiger partial charge in [-0.15, -0.1) is 0 Å². The Kier molecular flexibility index (Phi) is 17.8. The minimum absolute atomic E-state index is 0.569. The van der Waals surface area contributed by atoms with E-state index in [2.05, 4.69) is 13.8 Å². The highest BCUT2D eigenvalue weighted by Gasteiger charge is 2.25. The van der Waals surface area contributed by atoms with E-state index in [1.807, 2.05) is 0 Å². The van der Waals surface area contributed by atoms with Gasteiger partial charge in [-0.3, -0.25) is 4.79 Å². The van der Waals surface area contributed by atoms with E-state index in [0.29, 0.717) is 12.8 Å². The van der Waals surface area contributed by atoms with Crippen molar-refractivity contribution in [3.05, 3.63) is 0 Å². The molecule has 0 heterocycles. The second-order valence-corrected chi connectivity index (χ2v) is 7.69. The predicted molar refractivity (Wildman–Crippen MR) is 107 cm³/mol. The molecule has 0 rings (SSSR count). The average Bonchev–Trinajstić information content (AvgIpc) is 2.59. The maximum atomic E-state index is 11.3. The van der Waals surface area contributed by atoms with Crippen molar-refractivity contribution in [3.63, 3.8) is 0 Å². The SMILES string of the molecule is CCCCCCCCCCCCC[C@@H](O)[C@H](CCCCCC)C(=O)O. The Morgan fingerprint density at radius 2 is 1.00 bits per heavy atom. The Labute approximate surface area is 156 Å². The highest BCUT2D eigenvalue weighted by atomic mass is 16.4. The van der Waals surface area contributed by atoms with E-state index >= 15 is 0 Å². The van der Waals surface area contributed by atoms with Crippen molar-refractivity contribution < 1.29 is 15.0 Å². The summed E-state index contributed by atoms with van der Waals surface area (Å²) < 4.78 is 0. The Morgan fingerprint density at radius 3 is 1.44 bits per heavy atom. The number of carboxylic acid groups (broad SMARTS) is 1. The van der Waals surface area contributed by atoms with Gasteiger partial charge in [-0.1, -0.05) is 110 Å². The summed E-state index contributed by atoms with van der Waals surface area (Å²) in [4.78, 5) is 11.3. The van der Waals surface area contributed by atoms with Gasteiger partial charge in [-0.2, -0.15) is 0 Å². The van der Waals surface area contributed by atoms with E-state index in [-0.39, 0.29) is 0 Å². The van der Waals surface area contributed by atoms with E-state index in [1.165, 1.54) is 57.8 Å². The molecule has 25 heavy (non-hydrogen) atoms. The van der Waals surface area contributed by atoms with Crippen LogP contribution in [0.4, 0.5) is 0 Å². The first kappa shape index (κ1) is 24.4. The molecule has 0 saturated carbocycles. The van der Waals surface area contributed by atoms with Crippen LogP contribution in [-0.2, 0) is 4.79 Å². The van der Waals surface area contributed by atoms with Crippen LogP contribution in [0.3, 0.4) is 0 Å². The Bertz CT molecular complexity index is 291. The summed E-state index contributed by atoms with van der Waals surface area (Å²) in [6, 6.07) is 0. The third kappa shape index (κ3) is 15.4. The lowest BCUT2D eigenvalue weighted by Gasteiger charge is -2.19. The lowest BCUT2D eigenvalue weighted by Crippen LogP contribution is -2.28. The van der Waals surface area contributed by atoms with Gasteiger partial charge < -0.3 is 10.2 Å². The molecule has 0 radical (unpaired) electrons. The fourth-order valence-electron chi connectivity index (χ4n) is 3.49. The molecule has 150 valence electrons. The number of aliphatic hydroxyl groups excluding tert-OH is 1. The number of hydrogen-bond donors (Lipinski definition) is 2. The van der Waals surface area contributed by atoms with Crippen molar-refractivity contribution in [3.8, 4) is 0 Å². The van der Waals surface area contributed by atoms with Gasteiger partial charge in [-0.05, 0) is 12.8 Å². The fraction of sp³-hybridized carbons (Fsp3) is 0.955. The fourth-order valence-corrected chi connectivity index (χ4v) is 3.49. The minimum Gasteiger partial charge on any atom is -0.481 e. The molecule has 0 saturated heterocycles. The van der Waals surface area contributed by atoms with Crippen LogP contribution >= 0.6 is 0 Å². The summed E-state index contributed by atoms with van der Waals surface area (Å²) in [7, 11) is 0. The van der Waals surface area contributed by atoms with E-state index in [4.69, 9.17) is 0 Å². The van der Waals surface area contributed by atoms with Gasteiger partial charge in [0.05, 0.1) is 12.0 Å². The molecule has 0 unspecified atom stereocenters. The van der Waals surface area contributed by atoms with Gasteiger partial charge in [-0.25, -0.2) is 0 Å². The van der Waals surface area contributed by atoms with Crippen molar-refractivity contribution in [1.29, 1.82) is 0 Å². The molecule has 0 bridgehead atoms. The molecular weight excluding hydrogens is 312 g/mol. The minimum atomic E-state index is -0.827. The van der Waals surface area contributed by atoms with Gasteiger partial charge in [0.1, 0.15) is 0 Å². The Hall–Kier alpha value is -0.570. The van der Waals surface area contributed by atoms with Gasteiger partial charge in [0.15, 0.2) is 0 Å². The average molecular weight is 357 g/mol. The van der Waals surface area contributed by atoms with Gasteiger partial charge in [0, 0.05) is 0 Å². The normalized spacial score (nSPS) is 13.7. The van der Waals surface area contributed by atoms with Crippen LogP contribution in [0.1, 0.15) is 123 Å². The smallest absolute Gasteiger partial charge is 0.309 e. The van der Waals surface area contributed by atoms with Crippen LogP contribution in [0.5, 0.6) is 0 Å². The lowest BCUT2D eigenvalue weighted by atomic mass is 9.91. The molecule has 3 nitrogen and oxygen atoms in total. The molecule has 0 spiro atoms. The van der Waals surface area contributed by atoms with E-state index < -0.39 is 18.0 Å². The topological polar surface area (TPSA) is 57.5 Å². The number of carbonyl (C=O) groups is 1. The van der Waals surface area contributed by atoms with E-state index in [0.717, 1.165) is 38.5 Å². The Balaban J connectivity index is 3.58. The quantitative estimate of drug-likeness (QED) is 0.253. The molecular formula is C22H44O3. The maximum Gasteiger partial charge on any atom is 0.309 e. The summed E-state index contributed by atoms with van der Waals surface area (Å²) in [5.41, 5.74) is 0. The van der Waals surface area contributed by atoms with Crippen molar-refractivity contribution in [2.45, 2.75) is 129 Å². The number of carboxylic acids is 1. The lowest BCUT2D eigenvalue weighted by molar-refractivity contribution is -0.146. The second kappa shape index (κ2) is 18.2. The second-order valence-electron chi connectivity index (χ2n) is 7.69. The number of unbranched alkanes of at least 4 members (excludes halogenated alkanes) is 13. The standard InChI is InChI=1S/C22H44O3/c1-3-5-7-9-10-11-12-13-14-15-17-19-21(23)20(22(24)25)18-16-8-6-4-2/h20-21,23H,3-19H2,1-2H3,(H,24,25)/t20-,21+/m0/s1. The molecule has 0 aromatic carbocycles. The van der Waals surface area contributed by atoms with Gasteiger partial charge >= 0.3 is 5.97 Å². The summed E-state index contributed by atoms with van der Waals surface area (Å²) in [6.45, 7) is 4.40. The molecule has 2 N–H and O–H groups in total. The summed E-state index contributed by atoms with van der Waals surface area (Å²) in [6.07, 6.45) is 19.0. The highest BCUT2D eigenvalue weighted by Crippen LogP contribution is 2.20. The van der Waals surface area contributed by atoms with Gasteiger partial charge in [0.25, 0.3) is 0 Å². The molecule has 2 atom stereocenters. The summed E-state index contributed by atoms with van der Waals surface area (Å²) >= 11 is 0. The zero-order valence-corrected chi connectivity index (χ0v) is 17.0. The van der Waals surface area contributed by atoms with E-state index in [1.54, 1.807) is 0 Å². The van der Waals surface area contributed by atoms with Crippen LogP contribution < -0.4 is 0 Å². The zero-order valence-electron chi connectivity index (χ0n) is 17.0. The first-order valence-corrected chi connectivity index (χ1v) is 11.0. The summed E-state index contributed by atoms with van der Waals surface area (Å²) in [5.74, 6) is -1.40. The molecule has 0 aromatic rings. The van der Waals surface area contributed by atoms with Crippen LogP contribution in [0.25, 0.3) is 0 Å². The van der Waals surface area contributed by atoms with Crippen LogP contribution in [0.2, 0.25) is 0 Å². The third-order valence-electron chi connectivity index (χ3n) is 5.25. The molecule has 0 fully saturated rings. The molecule has 0 aliphatic carbocycles. The monoisotopic (exact) mass is 356 g/mol. The van der Waals surface area contributed by atoms with Crippen molar-refractivity contribution in [2.24, 2.45) is 5.92 Å². The summed E-state index contributed by atoms with van der Waals surface area (Å²) in [5, 5.41) is 19.5. The molecule has 0 aliphatic rings.